The Kier molecular flexibility index (Phi) is 20.1. The molecule has 0 saturated carbocycles. The zero-order valence-electron chi connectivity index (χ0n) is 31.6. The molecular formula is C41H65BNO6+. The van der Waals surface area contributed by atoms with Crippen LogP contribution in [0.4, 0.5) is 0 Å². The predicted molar refractivity (Wildman–Crippen MR) is 203 cm³/mol. The number of hydrogen-bond acceptors (Lipinski definition) is 6. The van der Waals surface area contributed by atoms with E-state index in [2.05, 4.69) is 27.7 Å². The summed E-state index contributed by atoms with van der Waals surface area (Å²) in [6, 6.07) is 23.1. The molecule has 0 saturated heterocycles. The second-order valence-electron chi connectivity index (χ2n) is 13.4. The fourth-order valence-electron chi connectivity index (χ4n) is 6.53. The van der Waals surface area contributed by atoms with Crippen molar-refractivity contribution in [2.24, 2.45) is 0 Å². The van der Waals surface area contributed by atoms with E-state index >= 15 is 0 Å². The van der Waals surface area contributed by atoms with Crippen LogP contribution in [0.15, 0.2) is 72.8 Å². The Morgan fingerprint density at radius 1 is 0.490 bits per heavy atom. The topological polar surface area (TPSA) is 77.4 Å². The highest BCUT2D eigenvalue weighted by molar-refractivity contribution is 6.32. The standard InChI is InChI=1S/C25H29BO6.C16H36N/c1-29-22-10-4-19(5-11-22)16-25(32-26(27)28,17-20-6-12-23(30-2)13-7-20)18-21-8-14-24(31-3)15-9-21;1-5-9-13-17(14-10-6-2,15-11-7-3)16-12-8-4/h4-15,27-28H,16-18H2,1-3H3;5-16H2,1-4H3/q;+1. The van der Waals surface area contributed by atoms with Gasteiger partial charge in [-0.15, -0.1) is 0 Å². The van der Waals surface area contributed by atoms with Crippen LogP contribution in [0.25, 0.3) is 0 Å². The highest BCUT2D eigenvalue weighted by Gasteiger charge is 2.36. The van der Waals surface area contributed by atoms with Gasteiger partial charge >= 0.3 is 7.32 Å². The first-order valence-electron chi connectivity index (χ1n) is 18.5. The molecule has 0 heterocycles. The van der Waals surface area contributed by atoms with Crippen LogP contribution in [-0.4, -0.2) is 75.0 Å². The molecule has 0 amide bonds. The normalized spacial score (nSPS) is 11.4. The summed E-state index contributed by atoms with van der Waals surface area (Å²) in [7, 11) is 2.96. The van der Waals surface area contributed by atoms with Gasteiger partial charge in [0.05, 0.1) is 53.1 Å². The maximum atomic E-state index is 9.84. The molecule has 3 rings (SSSR count). The van der Waals surface area contributed by atoms with Crippen molar-refractivity contribution in [1.29, 1.82) is 0 Å². The molecule has 3 aromatic rings. The van der Waals surface area contributed by atoms with Crippen LogP contribution >= 0.6 is 0 Å². The van der Waals surface area contributed by atoms with Crippen LogP contribution in [-0.2, 0) is 23.9 Å². The van der Waals surface area contributed by atoms with Gasteiger partial charge in [-0.3, -0.25) is 0 Å². The van der Waals surface area contributed by atoms with Gasteiger partial charge in [0.2, 0.25) is 0 Å². The lowest BCUT2D eigenvalue weighted by Gasteiger charge is -2.39. The summed E-state index contributed by atoms with van der Waals surface area (Å²) in [5, 5.41) is 19.7. The van der Waals surface area contributed by atoms with Crippen LogP contribution in [0.5, 0.6) is 17.2 Å². The molecule has 0 unspecified atom stereocenters. The number of methoxy groups -OCH3 is 3. The fraction of sp³-hybridized carbons (Fsp3) is 0.561. The van der Waals surface area contributed by atoms with Crippen molar-refractivity contribution in [3.8, 4) is 17.2 Å². The summed E-state index contributed by atoms with van der Waals surface area (Å²) in [4.78, 5) is 0. The van der Waals surface area contributed by atoms with E-state index in [1.807, 2.05) is 72.8 Å². The molecule has 8 heteroatoms. The Labute approximate surface area is 298 Å². The van der Waals surface area contributed by atoms with Crippen molar-refractivity contribution in [3.63, 3.8) is 0 Å². The molecule has 0 aliphatic rings. The van der Waals surface area contributed by atoms with Gasteiger partial charge < -0.3 is 33.4 Å². The molecule has 0 aliphatic heterocycles. The minimum atomic E-state index is -1.91. The highest BCUT2D eigenvalue weighted by Crippen LogP contribution is 2.30. The maximum Gasteiger partial charge on any atom is 0.634 e. The van der Waals surface area contributed by atoms with Gasteiger partial charge in [-0.2, -0.15) is 0 Å². The van der Waals surface area contributed by atoms with Crippen LogP contribution in [0.1, 0.15) is 95.8 Å². The minimum Gasteiger partial charge on any atom is -0.497 e. The predicted octanol–water partition coefficient (Wildman–Crippen LogP) is 8.47. The first-order valence-corrected chi connectivity index (χ1v) is 18.5. The Balaban J connectivity index is 0.000000417. The average molecular weight is 679 g/mol. The third-order valence-corrected chi connectivity index (χ3v) is 9.36. The van der Waals surface area contributed by atoms with E-state index in [0.717, 1.165) is 33.9 Å². The van der Waals surface area contributed by atoms with Gasteiger partial charge in [-0.05, 0) is 78.8 Å². The second kappa shape index (κ2) is 23.4. The third kappa shape index (κ3) is 15.6. The number of ether oxygens (including phenoxy) is 3. The Morgan fingerprint density at radius 2 is 0.755 bits per heavy atom. The van der Waals surface area contributed by atoms with E-state index < -0.39 is 12.9 Å². The number of nitrogens with zero attached hydrogens (tertiary/aromatic N) is 1. The quantitative estimate of drug-likeness (QED) is 0.0775. The zero-order chi connectivity index (χ0) is 36.0. The van der Waals surface area contributed by atoms with Crippen LogP contribution in [0, 0.1) is 0 Å². The number of unbranched alkanes of at least 4 members (excludes halogenated alkanes) is 4. The number of quaternary nitrogens is 1. The fourth-order valence-corrected chi connectivity index (χ4v) is 6.53. The van der Waals surface area contributed by atoms with Gasteiger partial charge in [-0.1, -0.05) is 89.8 Å². The molecular weight excluding hydrogens is 613 g/mol. The molecule has 0 atom stereocenters. The SMILES string of the molecule is CCCC[N+](CCCC)(CCCC)CCCC.COc1ccc(CC(Cc2ccc(OC)cc2)(Cc2ccc(OC)cc2)OB(O)O)cc1. The minimum absolute atomic E-state index is 0.465. The lowest BCUT2D eigenvalue weighted by molar-refractivity contribution is -0.929. The van der Waals surface area contributed by atoms with Crippen molar-refractivity contribution >= 4 is 7.32 Å². The molecule has 0 spiro atoms. The van der Waals surface area contributed by atoms with Crippen LogP contribution < -0.4 is 14.2 Å². The molecule has 0 radical (unpaired) electrons. The maximum absolute atomic E-state index is 9.84. The van der Waals surface area contributed by atoms with Gasteiger partial charge in [0, 0.05) is 19.3 Å². The van der Waals surface area contributed by atoms with E-state index in [9.17, 15) is 10.0 Å². The summed E-state index contributed by atoms with van der Waals surface area (Å²) >= 11 is 0. The summed E-state index contributed by atoms with van der Waals surface area (Å²) in [5.41, 5.74) is 2.07. The molecule has 0 fully saturated rings. The van der Waals surface area contributed by atoms with Crippen molar-refractivity contribution < 1.29 is 33.4 Å². The van der Waals surface area contributed by atoms with Crippen molar-refractivity contribution in [3.05, 3.63) is 89.5 Å². The molecule has 49 heavy (non-hydrogen) atoms. The van der Waals surface area contributed by atoms with Crippen molar-refractivity contribution in [2.75, 3.05) is 47.5 Å². The number of rotatable bonds is 23. The van der Waals surface area contributed by atoms with E-state index in [1.54, 1.807) is 21.3 Å². The monoisotopic (exact) mass is 678 g/mol. The van der Waals surface area contributed by atoms with Gasteiger partial charge in [0.15, 0.2) is 0 Å². The van der Waals surface area contributed by atoms with Crippen LogP contribution in [0.3, 0.4) is 0 Å². The van der Waals surface area contributed by atoms with E-state index in [1.165, 1.54) is 82.0 Å². The summed E-state index contributed by atoms with van der Waals surface area (Å²) in [5.74, 6) is 2.27. The molecule has 3 aromatic carbocycles. The summed E-state index contributed by atoms with van der Waals surface area (Å²) in [6.45, 7) is 15.0. The summed E-state index contributed by atoms with van der Waals surface area (Å²) in [6.07, 6.45) is 12.5. The molecule has 2 N–H and O–H groups in total. The molecule has 0 bridgehead atoms. The van der Waals surface area contributed by atoms with Gasteiger partial charge in [-0.25, -0.2) is 0 Å². The Bertz CT molecular complexity index is 1090. The highest BCUT2D eigenvalue weighted by atomic mass is 16.6. The number of hydrogen-bond donors (Lipinski definition) is 2. The van der Waals surface area contributed by atoms with Gasteiger partial charge in [0.25, 0.3) is 0 Å². The Morgan fingerprint density at radius 3 is 0.959 bits per heavy atom. The first kappa shape index (κ1) is 42.1. The smallest absolute Gasteiger partial charge is 0.497 e. The Hall–Kier alpha value is -3.04. The van der Waals surface area contributed by atoms with Crippen molar-refractivity contribution in [2.45, 2.75) is 104 Å². The van der Waals surface area contributed by atoms with E-state index in [4.69, 9.17) is 18.9 Å². The molecule has 0 aromatic heterocycles. The average Bonchev–Trinajstić information content (AvgIpc) is 3.12. The van der Waals surface area contributed by atoms with Crippen LogP contribution in [0.2, 0.25) is 0 Å². The lowest BCUT2D eigenvalue weighted by atomic mass is 9.81. The van der Waals surface area contributed by atoms with Crippen molar-refractivity contribution in [1.82, 2.24) is 0 Å². The molecule has 7 nitrogen and oxygen atoms in total. The van der Waals surface area contributed by atoms with Gasteiger partial charge in [0.1, 0.15) is 17.2 Å². The van der Waals surface area contributed by atoms with E-state index in [0.29, 0.717) is 19.3 Å². The zero-order valence-corrected chi connectivity index (χ0v) is 31.6. The van der Waals surface area contributed by atoms with E-state index in [-0.39, 0.29) is 0 Å². The number of benzene rings is 3. The third-order valence-electron chi connectivity index (χ3n) is 9.36. The largest absolute Gasteiger partial charge is 0.634 e. The molecule has 0 aliphatic carbocycles. The molecule has 272 valence electrons. The lowest BCUT2D eigenvalue weighted by Crippen LogP contribution is -2.50. The summed E-state index contributed by atoms with van der Waals surface area (Å²) < 4.78 is 23.0. The second-order valence-corrected chi connectivity index (χ2v) is 13.4. The first-order chi connectivity index (χ1) is 23.7.